The number of likely N-dealkylation sites (tertiary alicyclic amines) is 1. The zero-order valence-corrected chi connectivity index (χ0v) is 18.0. The predicted molar refractivity (Wildman–Crippen MR) is 115 cm³/mol. The minimum atomic E-state index is -0.898. The summed E-state index contributed by atoms with van der Waals surface area (Å²) in [5, 5.41) is 19.7. The third-order valence-corrected chi connectivity index (χ3v) is 7.16. The Hall–Kier alpha value is -2.57. The number of aromatic hydroxyl groups is 1. The minimum absolute atomic E-state index is 0.0950. The first-order valence-corrected chi connectivity index (χ1v) is 11.1. The fourth-order valence-corrected chi connectivity index (χ4v) is 5.60. The van der Waals surface area contributed by atoms with E-state index in [9.17, 15) is 15.0 Å². The first kappa shape index (κ1) is 20.3. The molecule has 0 aliphatic carbocycles. The smallest absolute Gasteiger partial charge is 0.335 e. The van der Waals surface area contributed by atoms with Crippen LogP contribution in [0, 0.1) is 5.92 Å². The van der Waals surface area contributed by atoms with Crippen molar-refractivity contribution in [3.8, 4) is 11.5 Å². The van der Waals surface area contributed by atoms with Gasteiger partial charge in [-0.05, 0) is 63.4 Å². The summed E-state index contributed by atoms with van der Waals surface area (Å²) in [4.78, 5) is 13.8. The van der Waals surface area contributed by atoms with E-state index in [1.807, 2.05) is 24.3 Å². The quantitative estimate of drug-likeness (QED) is 0.763. The molecule has 4 atom stereocenters. The SMILES string of the molecule is CC1(C)Oc2c(O)cccc2[C@H]2O[C@H]3CCCN(Cc4cccc(C(=O)O)c4)[C@H]3C[C@@H]21. The van der Waals surface area contributed by atoms with E-state index < -0.39 is 11.6 Å². The number of aromatic carboxylic acids is 1. The lowest BCUT2D eigenvalue weighted by Crippen LogP contribution is -2.58. The van der Waals surface area contributed by atoms with Crippen molar-refractivity contribution >= 4 is 5.97 Å². The van der Waals surface area contributed by atoms with Gasteiger partial charge in [-0.3, -0.25) is 4.90 Å². The van der Waals surface area contributed by atoms with Crippen LogP contribution in [0.5, 0.6) is 11.5 Å². The summed E-state index contributed by atoms with van der Waals surface area (Å²) >= 11 is 0. The number of phenolic OH excluding ortho intramolecular Hbond substituents is 1. The molecule has 6 heteroatoms. The predicted octanol–water partition coefficient (Wildman–Crippen LogP) is 4.37. The highest BCUT2D eigenvalue weighted by Gasteiger charge is 2.52. The minimum Gasteiger partial charge on any atom is -0.504 e. The van der Waals surface area contributed by atoms with E-state index in [0.717, 1.165) is 36.9 Å². The number of benzene rings is 2. The number of hydrogen-bond acceptors (Lipinski definition) is 5. The topological polar surface area (TPSA) is 79.2 Å². The molecule has 0 spiro atoms. The molecule has 164 valence electrons. The lowest BCUT2D eigenvalue weighted by atomic mass is 9.72. The van der Waals surface area contributed by atoms with Gasteiger partial charge in [0.15, 0.2) is 11.5 Å². The summed E-state index contributed by atoms with van der Waals surface area (Å²) in [7, 11) is 0. The average Bonchev–Trinajstić information content (AvgIpc) is 2.74. The molecule has 2 aromatic carbocycles. The van der Waals surface area contributed by atoms with Crippen molar-refractivity contribution in [1.82, 2.24) is 4.90 Å². The highest BCUT2D eigenvalue weighted by molar-refractivity contribution is 5.87. The number of ether oxygens (including phenoxy) is 2. The summed E-state index contributed by atoms with van der Waals surface area (Å²) in [6.45, 7) is 5.83. The Morgan fingerprint density at radius 1 is 1.23 bits per heavy atom. The Morgan fingerprint density at radius 3 is 2.84 bits per heavy atom. The lowest BCUT2D eigenvalue weighted by Gasteiger charge is -2.54. The molecule has 31 heavy (non-hydrogen) atoms. The molecular formula is C25H29NO5. The Balaban J connectivity index is 1.42. The summed E-state index contributed by atoms with van der Waals surface area (Å²) in [5.41, 5.74) is 1.81. The van der Waals surface area contributed by atoms with Crippen molar-refractivity contribution < 1.29 is 24.5 Å². The van der Waals surface area contributed by atoms with E-state index in [-0.39, 0.29) is 29.9 Å². The average molecular weight is 424 g/mol. The Morgan fingerprint density at radius 2 is 2.03 bits per heavy atom. The molecule has 3 heterocycles. The Labute approximate surface area is 182 Å². The normalized spacial score (nSPS) is 29.2. The number of carboxylic acids is 1. The molecule has 6 nitrogen and oxygen atoms in total. The maximum atomic E-state index is 11.4. The molecule has 2 fully saturated rings. The summed E-state index contributed by atoms with van der Waals surface area (Å²) in [5.74, 6) is -0.0251. The molecule has 0 bridgehead atoms. The number of para-hydroxylation sites is 1. The highest BCUT2D eigenvalue weighted by Crippen LogP contribution is 2.54. The zero-order chi connectivity index (χ0) is 21.8. The summed E-state index contributed by atoms with van der Waals surface area (Å²) in [6.07, 6.45) is 3.01. The van der Waals surface area contributed by atoms with Crippen LogP contribution < -0.4 is 4.74 Å². The van der Waals surface area contributed by atoms with Gasteiger partial charge in [0.2, 0.25) is 0 Å². The van der Waals surface area contributed by atoms with Gasteiger partial charge in [0, 0.05) is 24.1 Å². The molecule has 5 rings (SSSR count). The molecule has 2 saturated heterocycles. The van der Waals surface area contributed by atoms with Crippen molar-refractivity contribution in [1.29, 1.82) is 0 Å². The second kappa shape index (κ2) is 7.53. The van der Waals surface area contributed by atoms with E-state index in [1.165, 1.54) is 0 Å². The van der Waals surface area contributed by atoms with E-state index in [0.29, 0.717) is 17.9 Å². The van der Waals surface area contributed by atoms with Crippen molar-refractivity contribution in [3.63, 3.8) is 0 Å². The lowest BCUT2D eigenvalue weighted by molar-refractivity contribution is -0.190. The Bertz CT molecular complexity index is 1000. The van der Waals surface area contributed by atoms with Crippen LogP contribution in [0.3, 0.4) is 0 Å². The van der Waals surface area contributed by atoms with Gasteiger partial charge in [0.05, 0.1) is 17.8 Å². The van der Waals surface area contributed by atoms with Crippen LogP contribution in [0.25, 0.3) is 0 Å². The van der Waals surface area contributed by atoms with Crippen molar-refractivity contribution in [2.75, 3.05) is 6.54 Å². The van der Waals surface area contributed by atoms with Crippen molar-refractivity contribution in [3.05, 3.63) is 59.2 Å². The summed E-state index contributed by atoms with van der Waals surface area (Å²) in [6, 6.07) is 13.0. The number of rotatable bonds is 3. The molecule has 2 N–H and O–H groups in total. The van der Waals surface area contributed by atoms with Crippen LogP contribution in [0.4, 0.5) is 0 Å². The third-order valence-electron chi connectivity index (χ3n) is 7.16. The summed E-state index contributed by atoms with van der Waals surface area (Å²) < 4.78 is 13.0. The van der Waals surface area contributed by atoms with Gasteiger partial charge >= 0.3 is 5.97 Å². The molecule has 3 aliphatic rings. The first-order chi connectivity index (χ1) is 14.8. The van der Waals surface area contributed by atoms with Gasteiger partial charge in [-0.2, -0.15) is 0 Å². The van der Waals surface area contributed by atoms with Gasteiger partial charge in [-0.1, -0.05) is 24.3 Å². The van der Waals surface area contributed by atoms with E-state index in [4.69, 9.17) is 9.47 Å². The standard InChI is InChI=1S/C25H29NO5/c1-25(2)18-13-19-21(30-22(18)17-8-4-9-20(27)23(17)31-25)10-5-11-26(19)14-15-6-3-7-16(12-15)24(28)29/h3-4,6-9,12,18-19,21-22,27H,5,10-11,13-14H2,1-2H3,(H,28,29)/t18-,19-,21-,22+/m0/s1. The largest absolute Gasteiger partial charge is 0.504 e. The molecule has 3 aliphatic heterocycles. The zero-order valence-electron chi connectivity index (χ0n) is 18.0. The molecule has 0 radical (unpaired) electrons. The highest BCUT2D eigenvalue weighted by atomic mass is 16.5. The number of hydrogen-bond donors (Lipinski definition) is 2. The second-order valence-electron chi connectivity index (χ2n) is 9.52. The molecular weight excluding hydrogens is 394 g/mol. The van der Waals surface area contributed by atoms with Crippen LogP contribution in [-0.2, 0) is 11.3 Å². The number of fused-ring (bicyclic) bond motifs is 4. The monoisotopic (exact) mass is 423 g/mol. The maximum absolute atomic E-state index is 11.4. The molecule has 0 amide bonds. The number of phenols is 1. The number of nitrogens with zero attached hydrogens (tertiary/aromatic N) is 1. The van der Waals surface area contributed by atoms with Crippen LogP contribution >= 0.6 is 0 Å². The van der Waals surface area contributed by atoms with Crippen LogP contribution in [-0.4, -0.2) is 45.4 Å². The van der Waals surface area contributed by atoms with Gasteiger partial charge < -0.3 is 19.7 Å². The van der Waals surface area contributed by atoms with Crippen molar-refractivity contribution in [2.24, 2.45) is 5.92 Å². The van der Waals surface area contributed by atoms with E-state index >= 15 is 0 Å². The fourth-order valence-electron chi connectivity index (χ4n) is 5.60. The van der Waals surface area contributed by atoms with Gasteiger partial charge in [0.1, 0.15) is 5.60 Å². The molecule has 0 unspecified atom stereocenters. The number of carboxylic acid groups (broad SMARTS) is 1. The van der Waals surface area contributed by atoms with Crippen molar-refractivity contribution in [2.45, 2.75) is 63.5 Å². The van der Waals surface area contributed by atoms with Crippen LogP contribution in [0.2, 0.25) is 0 Å². The second-order valence-corrected chi connectivity index (χ2v) is 9.52. The third kappa shape index (κ3) is 3.58. The Kier molecular flexibility index (Phi) is 4.94. The van der Waals surface area contributed by atoms with E-state index in [2.05, 4.69) is 18.7 Å². The molecule has 0 aromatic heterocycles. The van der Waals surface area contributed by atoms with E-state index in [1.54, 1.807) is 18.2 Å². The number of carbonyl (C=O) groups is 1. The number of piperidine rings is 1. The first-order valence-electron chi connectivity index (χ1n) is 11.1. The fraction of sp³-hybridized carbons (Fsp3) is 0.480. The molecule has 2 aromatic rings. The van der Waals surface area contributed by atoms with Gasteiger partial charge in [-0.15, -0.1) is 0 Å². The molecule has 0 saturated carbocycles. The van der Waals surface area contributed by atoms with Crippen LogP contribution in [0.15, 0.2) is 42.5 Å². The van der Waals surface area contributed by atoms with Gasteiger partial charge in [0.25, 0.3) is 0 Å². The van der Waals surface area contributed by atoms with Crippen LogP contribution in [0.1, 0.15) is 60.7 Å². The maximum Gasteiger partial charge on any atom is 0.335 e. The van der Waals surface area contributed by atoms with Gasteiger partial charge in [-0.25, -0.2) is 4.79 Å².